The summed E-state index contributed by atoms with van der Waals surface area (Å²) in [6, 6.07) is 4.50. The van der Waals surface area contributed by atoms with Gasteiger partial charge >= 0.3 is 6.03 Å². The summed E-state index contributed by atoms with van der Waals surface area (Å²) in [5, 5.41) is 11.9. The molecule has 0 fully saturated rings. The van der Waals surface area contributed by atoms with Gasteiger partial charge < -0.3 is 20.2 Å². The van der Waals surface area contributed by atoms with E-state index in [4.69, 9.17) is 0 Å². The summed E-state index contributed by atoms with van der Waals surface area (Å²) in [4.78, 5) is 15.2. The van der Waals surface area contributed by atoms with Crippen LogP contribution in [-0.2, 0) is 0 Å². The quantitative estimate of drug-likeness (QED) is 0.849. The highest BCUT2D eigenvalue weighted by Crippen LogP contribution is 2.23. The van der Waals surface area contributed by atoms with E-state index in [1.807, 2.05) is 25.8 Å². The lowest BCUT2D eigenvalue weighted by Crippen LogP contribution is -2.33. The Balaban J connectivity index is 2.71. The van der Waals surface area contributed by atoms with Crippen molar-refractivity contribution in [2.75, 3.05) is 30.9 Å². The molecule has 6 heteroatoms. The van der Waals surface area contributed by atoms with E-state index in [9.17, 15) is 14.3 Å². The van der Waals surface area contributed by atoms with Crippen LogP contribution in [0, 0.1) is 5.82 Å². The fraction of sp³-hybridized carbons (Fsp3) is 0.562. The largest absolute Gasteiger partial charge is 0.393 e. The summed E-state index contributed by atoms with van der Waals surface area (Å²) in [5.41, 5.74) is 0.905. The van der Waals surface area contributed by atoms with Gasteiger partial charge in [0.15, 0.2) is 0 Å². The van der Waals surface area contributed by atoms with Gasteiger partial charge in [-0.2, -0.15) is 0 Å². The van der Waals surface area contributed by atoms with Crippen molar-refractivity contribution in [1.82, 2.24) is 4.90 Å². The van der Waals surface area contributed by atoms with E-state index in [2.05, 4.69) is 5.32 Å². The number of carbonyl (C=O) groups excluding carboxylic acids is 1. The Morgan fingerprint density at radius 2 is 1.95 bits per heavy atom. The number of rotatable bonds is 6. The topological polar surface area (TPSA) is 55.8 Å². The highest BCUT2D eigenvalue weighted by Gasteiger charge is 2.13. The average molecular weight is 311 g/mol. The Bertz CT molecular complexity index is 506. The molecule has 2 amide bonds. The Morgan fingerprint density at radius 3 is 2.45 bits per heavy atom. The first-order valence-electron chi connectivity index (χ1n) is 7.45. The number of amides is 2. The predicted molar refractivity (Wildman–Crippen MR) is 87.9 cm³/mol. The molecule has 0 heterocycles. The molecule has 0 spiro atoms. The Morgan fingerprint density at radius 1 is 1.32 bits per heavy atom. The number of carbonyl (C=O) groups is 1. The third-order valence-electron chi connectivity index (χ3n) is 3.58. The van der Waals surface area contributed by atoms with Crippen LogP contribution in [-0.4, -0.2) is 48.8 Å². The fourth-order valence-corrected chi connectivity index (χ4v) is 1.85. The van der Waals surface area contributed by atoms with Crippen LogP contribution in [0.2, 0.25) is 0 Å². The van der Waals surface area contributed by atoms with Crippen molar-refractivity contribution in [2.45, 2.75) is 39.3 Å². The lowest BCUT2D eigenvalue weighted by molar-refractivity contribution is 0.167. The lowest BCUT2D eigenvalue weighted by atomic mass is 10.2. The highest BCUT2D eigenvalue weighted by atomic mass is 19.1. The molecule has 0 saturated carbocycles. The molecule has 0 radical (unpaired) electrons. The minimum atomic E-state index is -0.460. The van der Waals surface area contributed by atoms with E-state index >= 15 is 0 Å². The molecule has 5 nitrogen and oxygen atoms in total. The van der Waals surface area contributed by atoms with Gasteiger partial charge in [0, 0.05) is 32.4 Å². The summed E-state index contributed by atoms with van der Waals surface area (Å²) < 4.78 is 14.1. The van der Waals surface area contributed by atoms with Gasteiger partial charge in [0.25, 0.3) is 0 Å². The first kappa shape index (κ1) is 18.2. The standard InChI is InChI=1S/C16H26FN3O2/c1-11(2)20(5)15-7-6-13(10-14(15)17)18-16(22)19(4)9-8-12(3)21/h6-7,10-12,21H,8-9H2,1-5H3,(H,18,22). The second-order valence-electron chi connectivity index (χ2n) is 5.86. The number of urea groups is 1. The van der Waals surface area contributed by atoms with Crippen molar-refractivity contribution in [3.63, 3.8) is 0 Å². The van der Waals surface area contributed by atoms with E-state index < -0.39 is 6.10 Å². The maximum atomic E-state index is 14.1. The lowest BCUT2D eigenvalue weighted by Gasteiger charge is -2.24. The van der Waals surface area contributed by atoms with E-state index in [1.165, 1.54) is 11.0 Å². The third-order valence-corrected chi connectivity index (χ3v) is 3.58. The zero-order chi connectivity index (χ0) is 16.9. The van der Waals surface area contributed by atoms with Crippen LogP contribution in [0.25, 0.3) is 0 Å². The molecule has 0 aliphatic carbocycles. The summed E-state index contributed by atoms with van der Waals surface area (Å²) >= 11 is 0. The van der Waals surface area contributed by atoms with Gasteiger partial charge in [0.1, 0.15) is 5.82 Å². The van der Waals surface area contributed by atoms with Crippen LogP contribution < -0.4 is 10.2 Å². The molecule has 1 aromatic carbocycles. The molecule has 22 heavy (non-hydrogen) atoms. The number of benzene rings is 1. The van der Waals surface area contributed by atoms with Crippen molar-refractivity contribution >= 4 is 17.4 Å². The Labute approximate surface area is 131 Å². The van der Waals surface area contributed by atoms with Gasteiger partial charge in [-0.15, -0.1) is 0 Å². The molecule has 0 bridgehead atoms. The van der Waals surface area contributed by atoms with Gasteiger partial charge in [-0.1, -0.05) is 0 Å². The smallest absolute Gasteiger partial charge is 0.321 e. The van der Waals surface area contributed by atoms with Crippen LogP contribution in [0.5, 0.6) is 0 Å². The number of nitrogens with zero attached hydrogens (tertiary/aromatic N) is 2. The van der Waals surface area contributed by atoms with E-state index in [-0.39, 0.29) is 17.9 Å². The van der Waals surface area contributed by atoms with Crippen molar-refractivity contribution < 1.29 is 14.3 Å². The molecule has 0 saturated heterocycles. The Kier molecular flexibility index (Phi) is 6.61. The van der Waals surface area contributed by atoms with Crippen molar-refractivity contribution in [3.8, 4) is 0 Å². The van der Waals surface area contributed by atoms with E-state index in [0.717, 1.165) is 0 Å². The maximum Gasteiger partial charge on any atom is 0.321 e. The van der Waals surface area contributed by atoms with Gasteiger partial charge in [-0.05, 0) is 45.4 Å². The average Bonchev–Trinajstić information content (AvgIpc) is 2.43. The molecule has 2 N–H and O–H groups in total. The normalized spacial score (nSPS) is 12.2. The van der Waals surface area contributed by atoms with Crippen LogP contribution >= 0.6 is 0 Å². The molecule has 1 rings (SSSR count). The SMILES string of the molecule is CC(O)CCN(C)C(=O)Nc1ccc(N(C)C(C)C)c(F)c1. The van der Waals surface area contributed by atoms with Crippen LogP contribution in [0.3, 0.4) is 0 Å². The molecular formula is C16H26FN3O2. The molecule has 1 aromatic rings. The van der Waals surface area contributed by atoms with Crippen molar-refractivity contribution in [3.05, 3.63) is 24.0 Å². The molecule has 0 aliphatic rings. The van der Waals surface area contributed by atoms with Crippen LogP contribution in [0.4, 0.5) is 20.6 Å². The number of aliphatic hydroxyl groups is 1. The number of halogens is 1. The molecule has 1 unspecified atom stereocenters. The first-order chi connectivity index (χ1) is 10.2. The monoisotopic (exact) mass is 311 g/mol. The predicted octanol–water partition coefficient (Wildman–Crippen LogP) is 2.90. The van der Waals surface area contributed by atoms with Gasteiger partial charge in [-0.25, -0.2) is 9.18 Å². The maximum absolute atomic E-state index is 14.1. The number of hydrogen-bond acceptors (Lipinski definition) is 3. The third kappa shape index (κ3) is 5.18. The summed E-state index contributed by atoms with van der Waals surface area (Å²) in [7, 11) is 3.46. The zero-order valence-corrected chi connectivity index (χ0v) is 13.9. The minimum Gasteiger partial charge on any atom is -0.393 e. The highest BCUT2D eigenvalue weighted by molar-refractivity contribution is 5.89. The van der Waals surface area contributed by atoms with Gasteiger partial charge in [0.05, 0.1) is 11.8 Å². The zero-order valence-electron chi connectivity index (χ0n) is 13.9. The summed E-state index contributed by atoms with van der Waals surface area (Å²) in [6.07, 6.45) is 0.0368. The van der Waals surface area contributed by atoms with Gasteiger partial charge in [-0.3, -0.25) is 0 Å². The van der Waals surface area contributed by atoms with Crippen LogP contribution in [0.15, 0.2) is 18.2 Å². The van der Waals surface area contributed by atoms with E-state index in [0.29, 0.717) is 24.3 Å². The number of nitrogens with one attached hydrogen (secondary N) is 1. The second-order valence-corrected chi connectivity index (χ2v) is 5.86. The van der Waals surface area contributed by atoms with Crippen molar-refractivity contribution in [2.24, 2.45) is 0 Å². The number of hydrogen-bond donors (Lipinski definition) is 2. The van der Waals surface area contributed by atoms with Crippen LogP contribution in [0.1, 0.15) is 27.2 Å². The molecule has 124 valence electrons. The second kappa shape index (κ2) is 7.98. The number of aliphatic hydroxyl groups excluding tert-OH is 1. The first-order valence-corrected chi connectivity index (χ1v) is 7.45. The molecule has 0 aromatic heterocycles. The molecule has 1 atom stereocenters. The molecular weight excluding hydrogens is 285 g/mol. The fourth-order valence-electron chi connectivity index (χ4n) is 1.85. The van der Waals surface area contributed by atoms with Crippen molar-refractivity contribution in [1.29, 1.82) is 0 Å². The minimum absolute atomic E-state index is 0.182. The Hall–Kier alpha value is -1.82. The van der Waals surface area contributed by atoms with Gasteiger partial charge in [0.2, 0.25) is 0 Å². The summed E-state index contributed by atoms with van der Waals surface area (Å²) in [5.74, 6) is -0.374. The number of anilines is 2. The molecule has 0 aliphatic heterocycles. The van der Waals surface area contributed by atoms with E-state index in [1.54, 1.807) is 26.1 Å². The summed E-state index contributed by atoms with van der Waals surface area (Å²) in [6.45, 7) is 6.06.